The molecule has 0 amide bonds. The molecule has 0 saturated heterocycles. The first-order valence-electron chi connectivity index (χ1n) is 7.78. The maximum atomic E-state index is 12.0. The molecule has 9 heteroatoms. The van der Waals surface area contributed by atoms with E-state index in [2.05, 4.69) is 34.2 Å². The zero-order valence-electron chi connectivity index (χ0n) is 15.3. The first-order valence-corrected chi connectivity index (χ1v) is 12.5. The van der Waals surface area contributed by atoms with E-state index in [1.54, 1.807) is 0 Å². The molecule has 134 valence electrons. The molecule has 0 aromatic carbocycles. The van der Waals surface area contributed by atoms with Crippen LogP contribution in [0.4, 0.5) is 0 Å². The highest BCUT2D eigenvalue weighted by molar-refractivity contribution is 6.75. The minimum absolute atomic E-state index is 0.0228. The Morgan fingerprint density at radius 3 is 2.17 bits per heavy atom. The molecule has 0 aromatic heterocycles. The molecule has 0 aliphatic carbocycles. The molecule has 6 nitrogen and oxygen atoms in total. The fourth-order valence-electron chi connectivity index (χ4n) is 2.07. The van der Waals surface area contributed by atoms with Gasteiger partial charge in [-0.3, -0.25) is 0 Å². The molecule has 0 aliphatic heterocycles. The predicted molar refractivity (Wildman–Crippen MR) is 98.4 cm³/mol. The van der Waals surface area contributed by atoms with Gasteiger partial charge in [0.25, 0.3) is 0 Å². The molecule has 23 heavy (non-hydrogen) atoms. The van der Waals surface area contributed by atoms with Gasteiger partial charge in [-0.25, -0.2) is 9.59 Å². The van der Waals surface area contributed by atoms with Crippen LogP contribution < -0.4 is 0 Å². The second-order valence-corrected chi connectivity index (χ2v) is 15.3. The second-order valence-electron chi connectivity index (χ2n) is 6.73. The van der Waals surface area contributed by atoms with Crippen molar-refractivity contribution in [3.63, 3.8) is 0 Å². The number of carboxylic acids is 1. The second kappa shape index (κ2) is 8.92. The van der Waals surface area contributed by atoms with Crippen LogP contribution in [0.15, 0.2) is 12.2 Å². The summed E-state index contributed by atoms with van der Waals surface area (Å²) in [5.74, 6) is -1.90. The Labute approximate surface area is 145 Å². The van der Waals surface area contributed by atoms with E-state index in [0.29, 0.717) is 16.9 Å². The quantitative estimate of drug-likeness (QED) is 0.279. The van der Waals surface area contributed by atoms with Gasteiger partial charge in [-0.2, -0.15) is 0 Å². The van der Waals surface area contributed by atoms with Crippen molar-refractivity contribution in [3.8, 4) is 0 Å². The number of aliphatic carboxylic acids is 1. The number of hydrogen-bond acceptors (Lipinski definition) is 5. The number of carboxylic acid groups (broad SMARTS) is 1. The Hall–Kier alpha value is -0.749. The number of carbonyl (C=O) groups is 2. The molecule has 2 unspecified atom stereocenters. The van der Waals surface area contributed by atoms with Gasteiger partial charge in [0.15, 0.2) is 8.32 Å². The molecule has 0 saturated carbocycles. The maximum absolute atomic E-state index is 12.0. The minimum atomic E-state index is -2.18. The Kier molecular flexibility index (Phi) is 8.63. The summed E-state index contributed by atoms with van der Waals surface area (Å²) in [4.78, 5) is 22.5. The average molecular weight is 379 g/mol. The highest BCUT2D eigenvalue weighted by atomic mass is 28.4. The summed E-state index contributed by atoms with van der Waals surface area (Å²) in [6.07, 6.45) is 2.18. The van der Waals surface area contributed by atoms with E-state index in [0.717, 1.165) is 18.2 Å². The first-order chi connectivity index (χ1) is 10.4. The molecule has 0 bridgehead atoms. The lowest BCUT2D eigenvalue weighted by atomic mass is 10.2. The Balaban J connectivity index is 5.48. The third kappa shape index (κ3) is 6.71. The molecule has 0 aromatic rings. The van der Waals surface area contributed by atoms with Gasteiger partial charge in [0.2, 0.25) is 15.2 Å². The third-order valence-electron chi connectivity index (χ3n) is 4.22. The molecule has 1 N–H and O–H groups in total. The minimum Gasteiger partial charge on any atom is -0.478 e. The van der Waals surface area contributed by atoms with Crippen LogP contribution in [-0.4, -0.2) is 51.0 Å². The highest BCUT2D eigenvalue weighted by Gasteiger charge is 2.48. The molecular formula is C14H30O6Si3. The van der Waals surface area contributed by atoms with Crippen molar-refractivity contribution in [3.05, 3.63) is 12.2 Å². The third-order valence-corrected chi connectivity index (χ3v) is 12.2. The van der Waals surface area contributed by atoms with Gasteiger partial charge in [0.05, 0.1) is 0 Å². The molecule has 0 radical (unpaired) electrons. The van der Waals surface area contributed by atoms with Gasteiger partial charge >= 0.3 is 11.9 Å². The van der Waals surface area contributed by atoms with Gasteiger partial charge < -0.3 is 18.4 Å². The summed E-state index contributed by atoms with van der Waals surface area (Å²) in [5.41, 5.74) is -1.04. The van der Waals surface area contributed by atoms with Crippen LogP contribution in [0.25, 0.3) is 0 Å². The van der Waals surface area contributed by atoms with Crippen molar-refractivity contribution < 1.29 is 28.0 Å². The van der Waals surface area contributed by atoms with Crippen molar-refractivity contribution >= 4 is 40.5 Å². The number of esters is 1. The monoisotopic (exact) mass is 378 g/mol. The summed E-state index contributed by atoms with van der Waals surface area (Å²) < 4.78 is 17.5. The number of rotatable bonds is 9. The van der Waals surface area contributed by atoms with E-state index in [-0.39, 0.29) is 5.04 Å². The van der Waals surface area contributed by atoms with Crippen LogP contribution in [0.2, 0.25) is 17.6 Å². The molecule has 0 fully saturated rings. The standard InChI is InChI=1S/C14H30O6Si3/c1-7-14(22-20-21,18-12(17)10-9-11(15)16)19-23(6,8-2)13(3,4)5/h9-10H,7-8,22H2,1-6,21H3,(H,15,16)/b10-9+. The van der Waals surface area contributed by atoms with E-state index in [1.165, 1.54) is 0 Å². The normalized spacial score (nSPS) is 18.2. The Morgan fingerprint density at radius 1 is 1.26 bits per heavy atom. The number of ether oxygens (including phenoxy) is 1. The van der Waals surface area contributed by atoms with Crippen LogP contribution in [0, 0.1) is 0 Å². The zero-order chi connectivity index (χ0) is 18.3. The van der Waals surface area contributed by atoms with E-state index < -0.39 is 35.4 Å². The lowest BCUT2D eigenvalue weighted by Crippen LogP contribution is -2.56. The Morgan fingerprint density at radius 2 is 1.83 bits per heavy atom. The fraction of sp³-hybridized carbons (Fsp3) is 0.714. The van der Waals surface area contributed by atoms with Crippen molar-refractivity contribution in [2.24, 2.45) is 0 Å². The maximum Gasteiger partial charge on any atom is 0.333 e. The average Bonchev–Trinajstić information content (AvgIpc) is 2.43. The van der Waals surface area contributed by atoms with Crippen LogP contribution >= 0.6 is 0 Å². The largest absolute Gasteiger partial charge is 0.478 e. The first kappa shape index (κ1) is 22.3. The van der Waals surface area contributed by atoms with Gasteiger partial charge in [-0.15, -0.1) is 0 Å². The topological polar surface area (TPSA) is 82.1 Å². The van der Waals surface area contributed by atoms with Gasteiger partial charge in [0.1, 0.15) is 10.5 Å². The van der Waals surface area contributed by atoms with E-state index >= 15 is 0 Å². The predicted octanol–water partition coefficient (Wildman–Crippen LogP) is 1.03. The van der Waals surface area contributed by atoms with Crippen LogP contribution in [0.5, 0.6) is 0 Å². The molecule has 0 heterocycles. The lowest BCUT2D eigenvalue weighted by Gasteiger charge is -2.45. The smallest absolute Gasteiger partial charge is 0.333 e. The van der Waals surface area contributed by atoms with E-state index in [1.807, 2.05) is 6.92 Å². The van der Waals surface area contributed by atoms with Gasteiger partial charge in [-0.05, 0) is 17.6 Å². The Bertz CT molecular complexity index is 448. The van der Waals surface area contributed by atoms with Gasteiger partial charge in [0, 0.05) is 18.6 Å². The van der Waals surface area contributed by atoms with Gasteiger partial charge in [-0.1, -0.05) is 34.6 Å². The molecular weight excluding hydrogens is 348 g/mol. The van der Waals surface area contributed by atoms with Crippen molar-refractivity contribution in [2.45, 2.75) is 64.1 Å². The summed E-state index contributed by atoms with van der Waals surface area (Å²) in [5, 5.41) is 8.60. The van der Waals surface area contributed by atoms with Crippen molar-refractivity contribution in [1.82, 2.24) is 0 Å². The van der Waals surface area contributed by atoms with E-state index in [9.17, 15) is 9.59 Å². The summed E-state index contributed by atoms with van der Waals surface area (Å²) in [6.45, 7) is 12.5. The summed E-state index contributed by atoms with van der Waals surface area (Å²) in [7, 11) is -2.87. The fourth-order valence-corrected chi connectivity index (χ4v) is 7.94. The molecule has 0 aliphatic rings. The van der Waals surface area contributed by atoms with Crippen LogP contribution in [0.1, 0.15) is 41.0 Å². The zero-order valence-corrected chi connectivity index (χ0v) is 19.7. The van der Waals surface area contributed by atoms with Crippen LogP contribution in [-0.2, 0) is 22.9 Å². The lowest BCUT2D eigenvalue weighted by molar-refractivity contribution is -0.173. The van der Waals surface area contributed by atoms with Crippen molar-refractivity contribution in [2.75, 3.05) is 0 Å². The van der Waals surface area contributed by atoms with Crippen molar-refractivity contribution in [1.29, 1.82) is 0 Å². The number of carbonyl (C=O) groups excluding carboxylic acids is 1. The SMILES string of the molecule is CCC(OC(=O)/C=C/C(=O)O)(O[Si](C)(CC)C(C)(C)C)[SiH2]O[SiH3]. The molecule has 0 rings (SSSR count). The molecule has 0 spiro atoms. The molecule has 2 atom stereocenters. The summed E-state index contributed by atoms with van der Waals surface area (Å²) in [6, 6.07) is 0.885. The summed E-state index contributed by atoms with van der Waals surface area (Å²) >= 11 is 0. The highest BCUT2D eigenvalue weighted by Crippen LogP contribution is 2.42. The van der Waals surface area contributed by atoms with E-state index in [4.69, 9.17) is 18.4 Å². The van der Waals surface area contributed by atoms with Crippen LogP contribution in [0.3, 0.4) is 0 Å². The number of hydrogen-bond donors (Lipinski definition) is 1.